The predicted molar refractivity (Wildman–Crippen MR) is 131 cm³/mol. The van der Waals surface area contributed by atoms with Crippen molar-refractivity contribution in [1.29, 1.82) is 5.26 Å². The van der Waals surface area contributed by atoms with E-state index in [9.17, 15) is 23.3 Å². The number of nitrogens with one attached hydrogen (secondary N) is 1. The molecule has 1 N–H and O–H groups in total. The van der Waals surface area contributed by atoms with Crippen LogP contribution >= 0.6 is 11.6 Å². The van der Waals surface area contributed by atoms with Crippen molar-refractivity contribution in [2.75, 3.05) is 18.0 Å². The number of carbonyl (C=O) groups excluding carboxylic acids is 2. The number of piperidine rings is 1. The summed E-state index contributed by atoms with van der Waals surface area (Å²) in [6, 6.07) is 10.0. The van der Waals surface area contributed by atoms with Crippen LogP contribution in [-0.4, -0.2) is 44.5 Å². The van der Waals surface area contributed by atoms with Gasteiger partial charge in [-0.05, 0) is 57.4 Å². The van der Waals surface area contributed by atoms with Crippen molar-refractivity contribution < 1.29 is 22.7 Å². The van der Waals surface area contributed by atoms with E-state index in [1.165, 1.54) is 6.07 Å². The fourth-order valence-corrected chi connectivity index (χ4v) is 5.25. The highest BCUT2D eigenvalue weighted by Crippen LogP contribution is 2.27. The number of nitrogens with zero attached hydrogens (tertiary/aromatic N) is 3. The molecule has 0 saturated carbocycles. The molecule has 186 valence electrons. The number of halogens is 1. The Morgan fingerprint density at radius 2 is 1.97 bits per heavy atom. The monoisotopic (exact) mass is 518 g/mol. The summed E-state index contributed by atoms with van der Waals surface area (Å²) in [5.41, 5.74) is 1.40. The number of carbonyl (C=O) groups is 2. The maximum absolute atomic E-state index is 12.6. The van der Waals surface area contributed by atoms with Crippen LogP contribution in [-0.2, 0) is 25.3 Å². The zero-order valence-electron chi connectivity index (χ0n) is 19.7. The number of benzene rings is 1. The van der Waals surface area contributed by atoms with Gasteiger partial charge >= 0.3 is 5.97 Å². The van der Waals surface area contributed by atoms with Crippen LogP contribution in [0.4, 0.5) is 5.82 Å². The first-order valence-corrected chi connectivity index (χ1v) is 13.2. The first-order valence-electron chi connectivity index (χ1n) is 11.2. The van der Waals surface area contributed by atoms with Crippen molar-refractivity contribution in [1.82, 2.24) is 9.71 Å². The standard InChI is InChI=1S/C24H27ClN4O5S/c1-15(2)34-24(31)21-12-19(13-26)22(27-16(21)3)29-9-7-18(8-10-29)23(30)28-35(32,33)14-17-5-4-6-20(25)11-17/h4-6,11-12,15,18H,7-10,14H2,1-3H3,(H,28,30). The molecular formula is C24H27ClN4O5S. The van der Waals surface area contributed by atoms with Crippen LogP contribution < -0.4 is 9.62 Å². The van der Waals surface area contributed by atoms with Gasteiger partial charge < -0.3 is 9.64 Å². The zero-order valence-corrected chi connectivity index (χ0v) is 21.3. The molecule has 2 heterocycles. The molecule has 35 heavy (non-hydrogen) atoms. The molecule has 1 aliphatic rings. The lowest BCUT2D eigenvalue weighted by molar-refractivity contribution is -0.123. The van der Waals surface area contributed by atoms with E-state index in [-0.39, 0.29) is 23.0 Å². The minimum atomic E-state index is -3.87. The number of esters is 1. The molecule has 1 aromatic heterocycles. The third kappa shape index (κ3) is 6.93. The van der Waals surface area contributed by atoms with E-state index < -0.39 is 27.8 Å². The van der Waals surface area contributed by atoms with Gasteiger partial charge in [0.1, 0.15) is 11.9 Å². The number of pyridine rings is 1. The number of rotatable bonds is 7. The van der Waals surface area contributed by atoms with Gasteiger partial charge in [0.15, 0.2) is 0 Å². The molecule has 9 nitrogen and oxygen atoms in total. The van der Waals surface area contributed by atoms with E-state index >= 15 is 0 Å². The number of aromatic nitrogens is 1. The molecule has 0 bridgehead atoms. The largest absolute Gasteiger partial charge is 0.459 e. The minimum absolute atomic E-state index is 0.234. The van der Waals surface area contributed by atoms with Crippen molar-refractivity contribution in [3.63, 3.8) is 0 Å². The number of hydrogen-bond donors (Lipinski definition) is 1. The topological polar surface area (TPSA) is 129 Å². The van der Waals surface area contributed by atoms with Crippen LogP contribution in [0.15, 0.2) is 30.3 Å². The van der Waals surface area contributed by atoms with Crippen LogP contribution in [0.3, 0.4) is 0 Å². The smallest absolute Gasteiger partial charge is 0.340 e. The normalized spacial score (nSPS) is 14.5. The third-order valence-corrected chi connectivity index (χ3v) is 7.00. The van der Waals surface area contributed by atoms with Crippen LogP contribution in [0.25, 0.3) is 0 Å². The summed E-state index contributed by atoms with van der Waals surface area (Å²) >= 11 is 5.91. The fraction of sp³-hybridized carbons (Fsp3) is 0.417. The van der Waals surface area contributed by atoms with Crippen molar-refractivity contribution in [3.05, 3.63) is 57.7 Å². The van der Waals surface area contributed by atoms with E-state index in [1.54, 1.807) is 45.0 Å². The molecule has 1 amide bonds. The van der Waals surface area contributed by atoms with Crippen LogP contribution in [0, 0.1) is 24.2 Å². The zero-order chi connectivity index (χ0) is 25.8. The number of amides is 1. The molecule has 0 aliphatic carbocycles. The van der Waals surface area contributed by atoms with Gasteiger partial charge in [0.05, 0.1) is 28.7 Å². The highest BCUT2D eigenvalue weighted by molar-refractivity contribution is 7.89. The Hall–Kier alpha value is -3.16. The first-order chi connectivity index (χ1) is 16.5. The maximum Gasteiger partial charge on any atom is 0.340 e. The molecule has 0 atom stereocenters. The van der Waals surface area contributed by atoms with Gasteiger partial charge in [-0.1, -0.05) is 23.7 Å². The van der Waals surface area contributed by atoms with E-state index in [4.69, 9.17) is 16.3 Å². The third-order valence-electron chi connectivity index (χ3n) is 5.54. The lowest BCUT2D eigenvalue weighted by Crippen LogP contribution is -2.43. The maximum atomic E-state index is 12.6. The summed E-state index contributed by atoms with van der Waals surface area (Å²) in [6.07, 6.45) is 0.481. The summed E-state index contributed by atoms with van der Waals surface area (Å²) in [6.45, 7) is 5.96. The second-order valence-corrected chi connectivity index (χ2v) is 10.8. The van der Waals surface area contributed by atoms with Gasteiger partial charge in [-0.2, -0.15) is 5.26 Å². The van der Waals surface area contributed by atoms with Gasteiger partial charge in [0, 0.05) is 24.0 Å². The minimum Gasteiger partial charge on any atom is -0.459 e. The summed E-state index contributed by atoms with van der Waals surface area (Å²) in [5, 5.41) is 10.0. The molecule has 2 aromatic rings. The quantitative estimate of drug-likeness (QED) is 0.552. The van der Waals surface area contributed by atoms with Gasteiger partial charge in [0.2, 0.25) is 15.9 Å². The molecule has 0 radical (unpaired) electrons. The van der Waals surface area contributed by atoms with E-state index in [1.807, 2.05) is 4.90 Å². The number of hydrogen-bond acceptors (Lipinski definition) is 8. The molecule has 11 heteroatoms. The SMILES string of the molecule is Cc1nc(N2CCC(C(=O)NS(=O)(=O)Cc3cccc(Cl)c3)CC2)c(C#N)cc1C(=O)OC(C)C. The average molecular weight is 519 g/mol. The number of sulfonamides is 1. The Bertz CT molecular complexity index is 1270. The predicted octanol–water partition coefficient (Wildman–Crippen LogP) is 3.34. The van der Waals surface area contributed by atoms with Gasteiger partial charge in [-0.3, -0.25) is 9.52 Å². The van der Waals surface area contributed by atoms with Gasteiger partial charge in [-0.25, -0.2) is 18.2 Å². The molecule has 1 aliphatic heterocycles. The van der Waals surface area contributed by atoms with Crippen LogP contribution in [0.5, 0.6) is 0 Å². The Labute approximate surface area is 210 Å². The molecule has 0 spiro atoms. The van der Waals surface area contributed by atoms with Crippen molar-refractivity contribution >= 4 is 39.3 Å². The van der Waals surface area contributed by atoms with Crippen molar-refractivity contribution in [2.45, 2.75) is 45.5 Å². The highest BCUT2D eigenvalue weighted by atomic mass is 35.5. The molecule has 1 aromatic carbocycles. The number of aryl methyl sites for hydroxylation is 1. The molecule has 3 rings (SSSR count). The molecule has 0 unspecified atom stereocenters. The van der Waals surface area contributed by atoms with E-state index in [2.05, 4.69) is 15.8 Å². The Morgan fingerprint density at radius 3 is 2.57 bits per heavy atom. The van der Waals surface area contributed by atoms with Crippen LogP contribution in [0.2, 0.25) is 5.02 Å². The second kappa shape index (κ2) is 11.1. The van der Waals surface area contributed by atoms with E-state index in [0.29, 0.717) is 48.0 Å². The Balaban J connectivity index is 1.65. The van der Waals surface area contributed by atoms with Gasteiger partial charge in [0.25, 0.3) is 0 Å². The number of ether oxygens (including phenoxy) is 1. The lowest BCUT2D eigenvalue weighted by Gasteiger charge is -2.32. The van der Waals surface area contributed by atoms with Crippen molar-refractivity contribution in [2.24, 2.45) is 5.92 Å². The summed E-state index contributed by atoms with van der Waals surface area (Å²) < 4.78 is 32.3. The highest BCUT2D eigenvalue weighted by Gasteiger charge is 2.30. The molecule has 1 saturated heterocycles. The van der Waals surface area contributed by atoms with Gasteiger partial charge in [-0.15, -0.1) is 0 Å². The molecule has 1 fully saturated rings. The Morgan fingerprint density at radius 1 is 1.29 bits per heavy atom. The summed E-state index contributed by atoms with van der Waals surface area (Å²) in [7, 11) is -3.87. The average Bonchev–Trinajstić information content (AvgIpc) is 2.77. The lowest BCUT2D eigenvalue weighted by atomic mass is 9.96. The summed E-state index contributed by atoms with van der Waals surface area (Å²) in [4.78, 5) is 31.3. The molecular weight excluding hydrogens is 492 g/mol. The number of nitriles is 1. The van der Waals surface area contributed by atoms with E-state index in [0.717, 1.165) is 0 Å². The van der Waals surface area contributed by atoms with Crippen molar-refractivity contribution in [3.8, 4) is 6.07 Å². The summed E-state index contributed by atoms with van der Waals surface area (Å²) in [5.74, 6) is -1.50. The first kappa shape index (κ1) is 26.4. The Kier molecular flexibility index (Phi) is 8.35. The second-order valence-electron chi connectivity index (χ2n) is 8.68. The number of anilines is 1. The van der Waals surface area contributed by atoms with Crippen LogP contribution in [0.1, 0.15) is 53.9 Å². The fourth-order valence-electron chi connectivity index (χ4n) is 3.87.